The summed E-state index contributed by atoms with van der Waals surface area (Å²) in [5, 5.41) is 3.11. The van der Waals surface area contributed by atoms with Gasteiger partial charge in [0.15, 0.2) is 23.2 Å². The van der Waals surface area contributed by atoms with Gasteiger partial charge in [-0.05, 0) is 55.6 Å². The van der Waals surface area contributed by atoms with Crippen molar-refractivity contribution in [2.45, 2.75) is 51.1 Å². The molecule has 1 fully saturated rings. The predicted octanol–water partition coefficient (Wildman–Crippen LogP) is 3.58. The molecule has 2 heterocycles. The summed E-state index contributed by atoms with van der Waals surface area (Å²) in [7, 11) is 2.97. The maximum absolute atomic E-state index is 14.1. The van der Waals surface area contributed by atoms with E-state index in [9.17, 15) is 14.4 Å². The second kappa shape index (κ2) is 11.5. The molecule has 1 atom stereocenters. The molecule has 1 aromatic carbocycles. The average Bonchev–Trinajstić information content (AvgIpc) is 3.52. The summed E-state index contributed by atoms with van der Waals surface area (Å²) < 4.78 is 20.7. The van der Waals surface area contributed by atoms with Crippen molar-refractivity contribution in [1.82, 2.24) is 9.69 Å². The van der Waals surface area contributed by atoms with Crippen molar-refractivity contribution < 1.29 is 28.3 Å². The van der Waals surface area contributed by atoms with E-state index in [1.54, 1.807) is 37.3 Å². The average molecular weight is 542 g/mol. The molecule has 0 aliphatic heterocycles. The second-order valence-corrected chi connectivity index (χ2v) is 9.82. The third-order valence-electron chi connectivity index (χ3n) is 6.51. The molecule has 1 aliphatic rings. The largest absolute Gasteiger partial charge is 0.493 e. The molecule has 2 aromatic heterocycles. The maximum Gasteiger partial charge on any atom is 0.273 e. The van der Waals surface area contributed by atoms with Crippen LogP contribution in [-0.4, -0.2) is 42.4 Å². The topological polar surface area (TPSA) is 163 Å². The highest BCUT2D eigenvalue weighted by Crippen LogP contribution is 2.38. The molecule has 1 aliphatic carbocycles. The van der Waals surface area contributed by atoms with Crippen LogP contribution in [0.5, 0.6) is 11.5 Å². The van der Waals surface area contributed by atoms with Crippen LogP contribution in [0, 0.1) is 6.92 Å². The number of nitrogens with zero attached hydrogens (tertiary/aromatic N) is 2. The van der Waals surface area contributed by atoms with Crippen LogP contribution in [0.15, 0.2) is 34.7 Å². The molecular formula is C26H31N5O6S. The zero-order chi connectivity index (χ0) is 27.4. The molecule has 12 heteroatoms. The number of aromatic nitrogens is 1. The van der Waals surface area contributed by atoms with E-state index in [0.717, 1.165) is 43.6 Å². The first kappa shape index (κ1) is 27.0. The number of primary amides is 1. The summed E-state index contributed by atoms with van der Waals surface area (Å²) >= 11 is 0.733. The van der Waals surface area contributed by atoms with Crippen LogP contribution < -0.4 is 31.2 Å². The zero-order valence-corrected chi connectivity index (χ0v) is 22.3. The lowest BCUT2D eigenvalue weighted by atomic mass is 9.95. The van der Waals surface area contributed by atoms with Crippen molar-refractivity contribution in [3.63, 3.8) is 0 Å². The normalized spacial score (nSPS) is 14.5. The van der Waals surface area contributed by atoms with Crippen molar-refractivity contribution in [3.8, 4) is 11.5 Å². The Bertz CT molecular complexity index is 1330. The molecule has 11 nitrogen and oxygen atoms in total. The first-order valence-electron chi connectivity index (χ1n) is 12.2. The SMILES string of the molecule is COc1ccc(N(C(=O)c2snc(C(N)=O)c2N)C(C(=O)NC2CCCCC2)c2ccc(C)o2)cc1OC. The fourth-order valence-electron chi connectivity index (χ4n) is 4.60. The number of aryl methyl sites for hydroxylation is 1. The Morgan fingerprint density at radius 3 is 2.39 bits per heavy atom. The van der Waals surface area contributed by atoms with Gasteiger partial charge in [0.05, 0.1) is 19.9 Å². The molecule has 4 rings (SSSR count). The number of nitrogens with one attached hydrogen (secondary N) is 1. The van der Waals surface area contributed by atoms with E-state index in [1.807, 2.05) is 0 Å². The van der Waals surface area contributed by atoms with Gasteiger partial charge in [0.2, 0.25) is 0 Å². The van der Waals surface area contributed by atoms with E-state index >= 15 is 0 Å². The van der Waals surface area contributed by atoms with Gasteiger partial charge in [0.1, 0.15) is 16.4 Å². The number of amides is 3. The highest BCUT2D eigenvalue weighted by atomic mass is 32.1. The van der Waals surface area contributed by atoms with Crippen molar-refractivity contribution >= 4 is 40.6 Å². The van der Waals surface area contributed by atoms with Gasteiger partial charge < -0.3 is 30.7 Å². The number of methoxy groups -OCH3 is 2. The standard InChI is InChI=1S/C26H31N5O6S/c1-14-9-11-18(37-14)22(25(33)29-15-7-5-4-6-8-15)31(16-10-12-17(35-2)19(13-16)36-3)26(34)23-20(27)21(24(28)32)30-38-23/h9-13,15,22H,4-8,27H2,1-3H3,(H2,28,32)(H,29,33). The highest BCUT2D eigenvalue weighted by molar-refractivity contribution is 7.09. The van der Waals surface area contributed by atoms with Crippen LogP contribution in [0.1, 0.15) is 69.8 Å². The number of carbonyl (C=O) groups excluding carboxylic acids is 3. The van der Waals surface area contributed by atoms with Gasteiger partial charge in [-0.25, -0.2) is 0 Å². The minimum absolute atomic E-state index is 0.0212. The molecule has 1 unspecified atom stereocenters. The van der Waals surface area contributed by atoms with Crippen LogP contribution in [0.2, 0.25) is 0 Å². The first-order chi connectivity index (χ1) is 18.2. The number of carbonyl (C=O) groups is 3. The van der Waals surface area contributed by atoms with Gasteiger partial charge in [-0.2, -0.15) is 4.37 Å². The van der Waals surface area contributed by atoms with Gasteiger partial charge in [-0.1, -0.05) is 19.3 Å². The van der Waals surface area contributed by atoms with E-state index in [2.05, 4.69) is 9.69 Å². The van der Waals surface area contributed by atoms with Gasteiger partial charge >= 0.3 is 0 Å². The van der Waals surface area contributed by atoms with Gasteiger partial charge in [0, 0.05) is 17.8 Å². The number of nitrogen functional groups attached to an aromatic ring is 1. The van der Waals surface area contributed by atoms with E-state index in [1.165, 1.54) is 19.1 Å². The quantitative estimate of drug-likeness (QED) is 0.370. The van der Waals surface area contributed by atoms with Gasteiger partial charge in [0.25, 0.3) is 17.7 Å². The summed E-state index contributed by atoms with van der Waals surface area (Å²) in [6.07, 6.45) is 4.85. The smallest absolute Gasteiger partial charge is 0.273 e. The zero-order valence-electron chi connectivity index (χ0n) is 21.5. The first-order valence-corrected chi connectivity index (χ1v) is 13.0. The lowest BCUT2D eigenvalue weighted by Crippen LogP contribution is -2.47. The Labute approximate surface area is 224 Å². The van der Waals surface area contributed by atoms with Gasteiger partial charge in [-0.3, -0.25) is 19.3 Å². The van der Waals surface area contributed by atoms with Crippen LogP contribution in [0.3, 0.4) is 0 Å². The Morgan fingerprint density at radius 2 is 1.82 bits per heavy atom. The Morgan fingerprint density at radius 1 is 1.11 bits per heavy atom. The fourth-order valence-corrected chi connectivity index (χ4v) is 5.34. The molecule has 1 saturated carbocycles. The summed E-state index contributed by atoms with van der Waals surface area (Å²) in [4.78, 5) is 41.1. The number of benzene rings is 1. The van der Waals surface area contributed by atoms with E-state index in [4.69, 9.17) is 25.4 Å². The number of rotatable bonds is 9. The minimum Gasteiger partial charge on any atom is -0.493 e. The summed E-state index contributed by atoms with van der Waals surface area (Å²) in [5.74, 6) is -0.302. The van der Waals surface area contributed by atoms with Crippen LogP contribution in [-0.2, 0) is 4.79 Å². The molecule has 38 heavy (non-hydrogen) atoms. The lowest BCUT2D eigenvalue weighted by Gasteiger charge is -2.32. The Kier molecular flexibility index (Phi) is 8.20. The number of hydrogen-bond donors (Lipinski definition) is 3. The molecule has 0 radical (unpaired) electrons. The second-order valence-electron chi connectivity index (χ2n) is 9.05. The molecule has 5 N–H and O–H groups in total. The number of anilines is 2. The Balaban J connectivity index is 1.86. The molecule has 0 bridgehead atoms. The molecule has 0 saturated heterocycles. The van der Waals surface area contributed by atoms with Crippen LogP contribution in [0.25, 0.3) is 0 Å². The van der Waals surface area contributed by atoms with E-state index in [0.29, 0.717) is 22.9 Å². The number of furan rings is 1. The molecule has 3 amide bonds. The van der Waals surface area contributed by atoms with E-state index < -0.39 is 23.8 Å². The van der Waals surface area contributed by atoms with Crippen LogP contribution in [0.4, 0.5) is 11.4 Å². The van der Waals surface area contributed by atoms with Crippen molar-refractivity contribution in [3.05, 3.63) is 52.4 Å². The van der Waals surface area contributed by atoms with Crippen LogP contribution >= 0.6 is 11.5 Å². The molecule has 3 aromatic rings. The molecular weight excluding hydrogens is 510 g/mol. The third-order valence-corrected chi connectivity index (χ3v) is 7.36. The summed E-state index contributed by atoms with van der Waals surface area (Å²) in [6.45, 7) is 1.75. The van der Waals surface area contributed by atoms with E-state index in [-0.39, 0.29) is 28.1 Å². The number of ether oxygens (including phenoxy) is 2. The van der Waals surface area contributed by atoms with Gasteiger partial charge in [-0.15, -0.1) is 0 Å². The maximum atomic E-state index is 14.1. The predicted molar refractivity (Wildman–Crippen MR) is 143 cm³/mol. The monoisotopic (exact) mass is 541 g/mol. The Hall–Kier alpha value is -4.06. The number of hydrogen-bond acceptors (Lipinski definition) is 9. The molecule has 0 spiro atoms. The van der Waals surface area contributed by atoms with Crippen molar-refractivity contribution in [2.75, 3.05) is 24.9 Å². The fraction of sp³-hybridized carbons (Fsp3) is 0.385. The summed E-state index contributed by atoms with van der Waals surface area (Å²) in [5.41, 5.74) is 11.5. The summed E-state index contributed by atoms with van der Waals surface area (Å²) in [6, 6.07) is 7.00. The lowest BCUT2D eigenvalue weighted by molar-refractivity contribution is -0.123. The van der Waals surface area contributed by atoms with Crippen molar-refractivity contribution in [2.24, 2.45) is 5.73 Å². The van der Waals surface area contributed by atoms with Crippen molar-refractivity contribution in [1.29, 1.82) is 0 Å². The third kappa shape index (κ3) is 5.44. The molecule has 202 valence electrons. The number of nitrogens with two attached hydrogens (primary N) is 2. The minimum atomic E-state index is -1.20. The highest BCUT2D eigenvalue weighted by Gasteiger charge is 2.39.